The van der Waals surface area contributed by atoms with Crippen LogP contribution in [0.3, 0.4) is 0 Å². The predicted octanol–water partition coefficient (Wildman–Crippen LogP) is 4.49. The summed E-state index contributed by atoms with van der Waals surface area (Å²) in [5.41, 5.74) is 2.09. The van der Waals surface area contributed by atoms with E-state index in [1.54, 1.807) is 42.2 Å². The van der Waals surface area contributed by atoms with Gasteiger partial charge in [-0.2, -0.15) is 0 Å². The number of rotatable bonds is 4. The first-order valence-electron chi connectivity index (χ1n) is 6.99. The van der Waals surface area contributed by atoms with Crippen molar-refractivity contribution in [2.24, 2.45) is 0 Å². The number of nitrogens with one attached hydrogen (secondary N) is 1. The minimum atomic E-state index is -0.487. The summed E-state index contributed by atoms with van der Waals surface area (Å²) < 4.78 is 1.94. The van der Waals surface area contributed by atoms with Crippen molar-refractivity contribution >= 4 is 50.6 Å². The Kier molecular flexibility index (Phi) is 4.50. The molecule has 0 aliphatic rings. The lowest BCUT2D eigenvalue weighted by Crippen LogP contribution is -2.14. The number of hydrogen-bond donors (Lipinski definition) is 1. The van der Waals surface area contributed by atoms with E-state index in [0.717, 1.165) is 14.6 Å². The molecule has 0 saturated carbocycles. The summed E-state index contributed by atoms with van der Waals surface area (Å²) in [6, 6.07) is 9.96. The van der Waals surface area contributed by atoms with Crippen LogP contribution in [0, 0.1) is 17.0 Å². The maximum atomic E-state index is 12.5. The SMILES string of the molecule is CSc1nc2ccc(NC(=O)c3cccc([N+](=O)[O-])c3C)cc2s1. The molecule has 0 radical (unpaired) electrons. The van der Waals surface area contributed by atoms with Crippen molar-refractivity contribution in [2.75, 3.05) is 11.6 Å². The van der Waals surface area contributed by atoms with Gasteiger partial charge in [0.05, 0.1) is 15.1 Å². The number of hydrogen-bond acceptors (Lipinski definition) is 6. The molecular weight excluding hydrogens is 346 g/mol. The van der Waals surface area contributed by atoms with Gasteiger partial charge in [-0.15, -0.1) is 11.3 Å². The summed E-state index contributed by atoms with van der Waals surface area (Å²) in [5.74, 6) is -0.370. The molecule has 0 aliphatic carbocycles. The van der Waals surface area contributed by atoms with Crippen molar-refractivity contribution in [3.05, 3.63) is 57.6 Å². The topological polar surface area (TPSA) is 85.1 Å². The van der Waals surface area contributed by atoms with Gasteiger partial charge in [-0.3, -0.25) is 14.9 Å². The summed E-state index contributed by atoms with van der Waals surface area (Å²) in [5, 5.41) is 13.8. The van der Waals surface area contributed by atoms with Gasteiger partial charge in [-0.1, -0.05) is 17.8 Å². The van der Waals surface area contributed by atoms with E-state index >= 15 is 0 Å². The third-order valence-corrected chi connectivity index (χ3v) is 5.55. The number of nitro benzene ring substituents is 1. The Morgan fingerprint density at radius 2 is 2.12 bits per heavy atom. The van der Waals surface area contributed by atoms with Gasteiger partial charge >= 0.3 is 0 Å². The van der Waals surface area contributed by atoms with Crippen molar-refractivity contribution < 1.29 is 9.72 Å². The number of nitro groups is 1. The first kappa shape index (κ1) is 16.4. The smallest absolute Gasteiger partial charge is 0.273 e. The second-order valence-electron chi connectivity index (χ2n) is 5.03. The van der Waals surface area contributed by atoms with Crippen LogP contribution in [-0.2, 0) is 0 Å². The molecule has 8 heteroatoms. The fourth-order valence-electron chi connectivity index (χ4n) is 2.33. The van der Waals surface area contributed by atoms with Crippen molar-refractivity contribution in [1.29, 1.82) is 0 Å². The van der Waals surface area contributed by atoms with Crippen LogP contribution in [0.1, 0.15) is 15.9 Å². The standard InChI is InChI=1S/C16H13N3O3S2/c1-9-11(4-3-5-13(9)19(21)22)15(20)17-10-6-7-12-14(8-10)24-16(18-12)23-2/h3-8H,1-2H3,(H,17,20). The molecule has 0 spiro atoms. The molecule has 0 aliphatic heterocycles. The molecule has 0 bridgehead atoms. The zero-order chi connectivity index (χ0) is 17.3. The van der Waals surface area contributed by atoms with Gasteiger partial charge in [0.25, 0.3) is 11.6 Å². The first-order valence-corrected chi connectivity index (χ1v) is 9.03. The van der Waals surface area contributed by atoms with Crippen LogP contribution < -0.4 is 5.32 Å². The summed E-state index contributed by atoms with van der Waals surface area (Å²) in [7, 11) is 0. The lowest BCUT2D eigenvalue weighted by molar-refractivity contribution is -0.385. The Bertz CT molecular complexity index is 953. The Hall–Kier alpha value is -2.45. The Balaban J connectivity index is 1.89. The molecule has 6 nitrogen and oxygen atoms in total. The molecule has 24 heavy (non-hydrogen) atoms. The zero-order valence-electron chi connectivity index (χ0n) is 12.9. The Morgan fingerprint density at radius 3 is 2.83 bits per heavy atom. The summed E-state index contributed by atoms with van der Waals surface area (Å²) in [6.07, 6.45) is 1.96. The number of carbonyl (C=O) groups is 1. The fraction of sp³-hybridized carbons (Fsp3) is 0.125. The molecule has 0 fully saturated rings. The first-order chi connectivity index (χ1) is 11.5. The maximum Gasteiger partial charge on any atom is 0.273 e. The molecule has 0 saturated heterocycles. The number of carbonyl (C=O) groups excluding carboxylic acids is 1. The van der Waals surface area contributed by atoms with Gasteiger partial charge in [-0.25, -0.2) is 4.98 Å². The van der Waals surface area contributed by atoms with Crippen LogP contribution in [0.5, 0.6) is 0 Å². The number of benzene rings is 2. The lowest BCUT2D eigenvalue weighted by Gasteiger charge is -2.08. The molecule has 122 valence electrons. The monoisotopic (exact) mass is 359 g/mol. The van der Waals surface area contributed by atoms with Crippen LogP contribution >= 0.6 is 23.1 Å². The van der Waals surface area contributed by atoms with E-state index < -0.39 is 4.92 Å². The molecule has 2 aromatic carbocycles. The van der Waals surface area contributed by atoms with Gasteiger partial charge < -0.3 is 5.32 Å². The maximum absolute atomic E-state index is 12.5. The molecule has 3 rings (SSSR count). The highest BCUT2D eigenvalue weighted by Crippen LogP contribution is 2.30. The number of thiazole rings is 1. The molecule has 1 heterocycles. The van der Waals surface area contributed by atoms with Gasteiger partial charge in [0.15, 0.2) is 4.34 Å². The number of anilines is 1. The summed E-state index contributed by atoms with van der Waals surface area (Å²) in [4.78, 5) is 27.4. The second kappa shape index (κ2) is 6.58. The third-order valence-electron chi connectivity index (χ3n) is 3.55. The molecule has 0 unspecified atom stereocenters. The second-order valence-corrected chi connectivity index (χ2v) is 7.11. The fourth-order valence-corrected chi connectivity index (χ4v) is 3.86. The van der Waals surface area contributed by atoms with E-state index in [0.29, 0.717) is 16.8 Å². The molecule has 1 amide bonds. The van der Waals surface area contributed by atoms with E-state index in [1.807, 2.05) is 18.4 Å². The van der Waals surface area contributed by atoms with Crippen molar-refractivity contribution in [2.45, 2.75) is 11.3 Å². The number of aromatic nitrogens is 1. The van der Waals surface area contributed by atoms with Crippen molar-refractivity contribution in [3.8, 4) is 0 Å². The highest BCUT2D eigenvalue weighted by molar-refractivity contribution is 8.00. The highest BCUT2D eigenvalue weighted by Gasteiger charge is 2.18. The highest BCUT2D eigenvalue weighted by atomic mass is 32.2. The number of fused-ring (bicyclic) bond motifs is 1. The van der Waals surface area contributed by atoms with Crippen LogP contribution in [0.2, 0.25) is 0 Å². The molecular formula is C16H13N3O3S2. The zero-order valence-corrected chi connectivity index (χ0v) is 14.5. The van der Waals surface area contributed by atoms with E-state index in [2.05, 4.69) is 10.3 Å². The average Bonchev–Trinajstić information content (AvgIpc) is 2.97. The largest absolute Gasteiger partial charge is 0.322 e. The van der Waals surface area contributed by atoms with Crippen LogP contribution in [0.15, 0.2) is 40.7 Å². The average molecular weight is 359 g/mol. The predicted molar refractivity (Wildman–Crippen MR) is 97.2 cm³/mol. The minimum Gasteiger partial charge on any atom is -0.322 e. The minimum absolute atomic E-state index is 0.0647. The van der Waals surface area contributed by atoms with Crippen LogP contribution in [-0.4, -0.2) is 22.1 Å². The van der Waals surface area contributed by atoms with Crippen molar-refractivity contribution in [1.82, 2.24) is 4.98 Å². The summed E-state index contributed by atoms with van der Waals surface area (Å²) in [6.45, 7) is 1.57. The van der Waals surface area contributed by atoms with E-state index in [9.17, 15) is 14.9 Å². The molecule has 1 N–H and O–H groups in total. The van der Waals surface area contributed by atoms with E-state index in [1.165, 1.54) is 12.1 Å². The van der Waals surface area contributed by atoms with Gasteiger partial charge in [0.1, 0.15) is 0 Å². The molecule has 0 atom stereocenters. The summed E-state index contributed by atoms with van der Waals surface area (Å²) >= 11 is 3.13. The van der Waals surface area contributed by atoms with Gasteiger partial charge in [0.2, 0.25) is 0 Å². The normalized spacial score (nSPS) is 10.8. The van der Waals surface area contributed by atoms with E-state index in [4.69, 9.17) is 0 Å². The lowest BCUT2D eigenvalue weighted by atomic mass is 10.1. The quantitative estimate of drug-likeness (QED) is 0.421. The molecule has 1 aromatic heterocycles. The van der Waals surface area contributed by atoms with Crippen LogP contribution in [0.4, 0.5) is 11.4 Å². The number of nitrogens with zero attached hydrogens (tertiary/aromatic N) is 2. The van der Waals surface area contributed by atoms with E-state index in [-0.39, 0.29) is 11.6 Å². The number of thioether (sulfide) groups is 1. The Morgan fingerprint density at radius 1 is 1.33 bits per heavy atom. The Labute approximate surface area is 146 Å². The number of amides is 1. The third kappa shape index (κ3) is 3.10. The van der Waals surface area contributed by atoms with Crippen molar-refractivity contribution in [3.63, 3.8) is 0 Å². The van der Waals surface area contributed by atoms with Gasteiger partial charge in [0, 0.05) is 22.9 Å². The molecule has 3 aromatic rings. The van der Waals surface area contributed by atoms with Gasteiger partial charge in [-0.05, 0) is 37.4 Å². The van der Waals surface area contributed by atoms with Crippen LogP contribution in [0.25, 0.3) is 10.2 Å².